The zero-order chi connectivity index (χ0) is 13.0. The first-order valence-electron chi connectivity index (χ1n) is 5.18. The van der Waals surface area contributed by atoms with Gasteiger partial charge in [0.15, 0.2) is 0 Å². The highest BCUT2D eigenvalue weighted by molar-refractivity contribution is 7.90. The zero-order valence-corrected chi connectivity index (χ0v) is 10.1. The van der Waals surface area contributed by atoms with E-state index in [4.69, 9.17) is 0 Å². The van der Waals surface area contributed by atoms with Crippen LogP contribution < -0.4 is 4.72 Å². The van der Waals surface area contributed by atoms with Gasteiger partial charge in [-0.3, -0.25) is 4.79 Å². The topological polar surface area (TPSA) is 63.2 Å². The van der Waals surface area contributed by atoms with Crippen LogP contribution in [-0.4, -0.2) is 14.3 Å². The smallest absolute Gasteiger partial charge is 0.265 e. The molecule has 18 heavy (non-hydrogen) atoms. The van der Waals surface area contributed by atoms with E-state index < -0.39 is 15.9 Å². The van der Waals surface area contributed by atoms with Gasteiger partial charge < -0.3 is 0 Å². The monoisotopic (exact) mass is 260 g/mol. The Kier molecular flexibility index (Phi) is 3.43. The third-order valence-electron chi connectivity index (χ3n) is 2.23. The minimum absolute atomic E-state index is 0.0503. The molecule has 0 aliphatic heterocycles. The number of rotatable bonds is 3. The molecule has 0 aliphatic rings. The summed E-state index contributed by atoms with van der Waals surface area (Å²) in [6, 6.07) is 16.8. The molecule has 1 N–H and O–H groups in total. The van der Waals surface area contributed by atoms with E-state index in [1.165, 1.54) is 18.2 Å². The quantitative estimate of drug-likeness (QED) is 0.911. The Bertz CT molecular complexity index is 636. The van der Waals surface area contributed by atoms with Gasteiger partial charge in [-0.05, 0) is 24.3 Å². The van der Waals surface area contributed by atoms with Crippen LogP contribution in [0, 0.1) is 6.07 Å². The molecule has 0 saturated heterocycles. The Hall–Kier alpha value is -2.14. The molecule has 0 bridgehead atoms. The summed E-state index contributed by atoms with van der Waals surface area (Å²) in [4.78, 5) is 11.8. The van der Waals surface area contributed by atoms with Crippen molar-refractivity contribution in [2.45, 2.75) is 4.90 Å². The lowest BCUT2D eigenvalue weighted by molar-refractivity contribution is 0.0981. The Morgan fingerprint density at radius 2 is 1.67 bits per heavy atom. The van der Waals surface area contributed by atoms with Gasteiger partial charge in [-0.2, -0.15) is 0 Å². The molecule has 4 nitrogen and oxygen atoms in total. The van der Waals surface area contributed by atoms with E-state index in [1.54, 1.807) is 36.4 Å². The maximum Gasteiger partial charge on any atom is 0.265 e. The maximum atomic E-state index is 11.9. The second-order valence-corrected chi connectivity index (χ2v) is 5.21. The number of carbonyl (C=O) groups excluding carboxylic acids is 1. The van der Waals surface area contributed by atoms with E-state index in [1.807, 2.05) is 4.72 Å². The van der Waals surface area contributed by atoms with E-state index in [0.29, 0.717) is 0 Å². The number of benzene rings is 2. The van der Waals surface area contributed by atoms with Crippen molar-refractivity contribution in [3.8, 4) is 0 Å². The van der Waals surface area contributed by atoms with Crippen LogP contribution in [0.15, 0.2) is 59.5 Å². The molecular formula is C13H10NO3S. The van der Waals surface area contributed by atoms with Crippen LogP contribution in [-0.2, 0) is 10.0 Å². The Morgan fingerprint density at radius 3 is 2.28 bits per heavy atom. The first-order chi connectivity index (χ1) is 8.59. The summed E-state index contributed by atoms with van der Waals surface area (Å²) in [7, 11) is -3.83. The van der Waals surface area contributed by atoms with E-state index in [0.717, 1.165) is 0 Å². The fourth-order valence-corrected chi connectivity index (χ4v) is 2.36. The molecule has 0 aliphatic carbocycles. The van der Waals surface area contributed by atoms with Crippen molar-refractivity contribution in [2.24, 2.45) is 0 Å². The maximum absolute atomic E-state index is 11.9. The second-order valence-electron chi connectivity index (χ2n) is 3.52. The fourth-order valence-electron chi connectivity index (χ4n) is 1.37. The molecule has 91 valence electrons. The molecule has 0 aromatic heterocycles. The van der Waals surface area contributed by atoms with Gasteiger partial charge in [-0.1, -0.05) is 36.4 Å². The molecule has 0 fully saturated rings. The van der Waals surface area contributed by atoms with Crippen molar-refractivity contribution in [1.29, 1.82) is 0 Å². The van der Waals surface area contributed by atoms with Crippen molar-refractivity contribution in [3.63, 3.8) is 0 Å². The third kappa shape index (κ3) is 2.75. The molecule has 1 amide bonds. The van der Waals surface area contributed by atoms with Crippen molar-refractivity contribution in [2.75, 3.05) is 0 Å². The third-order valence-corrected chi connectivity index (χ3v) is 3.58. The number of amides is 1. The van der Waals surface area contributed by atoms with Crippen molar-refractivity contribution < 1.29 is 13.2 Å². The number of carbonyl (C=O) groups is 1. The largest absolute Gasteiger partial charge is 0.268 e. The van der Waals surface area contributed by atoms with Crippen LogP contribution >= 0.6 is 0 Å². The average Bonchev–Trinajstić information content (AvgIpc) is 2.40. The van der Waals surface area contributed by atoms with Gasteiger partial charge in [0.05, 0.1) is 4.90 Å². The lowest BCUT2D eigenvalue weighted by atomic mass is 10.2. The summed E-state index contributed by atoms with van der Waals surface area (Å²) in [5, 5.41) is 0. The molecule has 2 aromatic carbocycles. The summed E-state index contributed by atoms with van der Waals surface area (Å²) < 4.78 is 25.7. The van der Waals surface area contributed by atoms with Gasteiger partial charge in [0.1, 0.15) is 0 Å². The molecule has 5 heteroatoms. The van der Waals surface area contributed by atoms with Gasteiger partial charge in [0.2, 0.25) is 0 Å². The molecule has 0 saturated carbocycles. The molecule has 2 aromatic rings. The van der Waals surface area contributed by atoms with E-state index in [9.17, 15) is 13.2 Å². The SMILES string of the molecule is O=C(NS(=O)(=O)c1ccccc1)c1[c]cccc1. The molecule has 0 atom stereocenters. The molecule has 1 radical (unpaired) electrons. The van der Waals surface area contributed by atoms with Gasteiger partial charge in [-0.15, -0.1) is 0 Å². The Morgan fingerprint density at radius 1 is 1.00 bits per heavy atom. The Labute approximate surface area is 105 Å². The van der Waals surface area contributed by atoms with Crippen LogP contribution in [0.3, 0.4) is 0 Å². The summed E-state index contributed by atoms with van der Waals surface area (Å²) in [6.07, 6.45) is 0. The zero-order valence-electron chi connectivity index (χ0n) is 9.33. The van der Waals surface area contributed by atoms with Crippen LogP contribution in [0.2, 0.25) is 0 Å². The van der Waals surface area contributed by atoms with Crippen molar-refractivity contribution in [3.05, 3.63) is 66.2 Å². The first-order valence-corrected chi connectivity index (χ1v) is 6.67. The number of hydrogen-bond acceptors (Lipinski definition) is 3. The van der Waals surface area contributed by atoms with Crippen molar-refractivity contribution in [1.82, 2.24) is 4.72 Å². The van der Waals surface area contributed by atoms with E-state index >= 15 is 0 Å². The normalized spacial score (nSPS) is 10.9. The predicted octanol–water partition coefficient (Wildman–Crippen LogP) is 1.61. The van der Waals surface area contributed by atoms with Crippen LogP contribution in [0.25, 0.3) is 0 Å². The van der Waals surface area contributed by atoms with Crippen LogP contribution in [0.4, 0.5) is 0 Å². The van der Waals surface area contributed by atoms with E-state index in [2.05, 4.69) is 6.07 Å². The summed E-state index contributed by atoms with van der Waals surface area (Å²) in [5.74, 6) is -0.695. The molecule has 0 heterocycles. The summed E-state index contributed by atoms with van der Waals surface area (Å²) in [6.45, 7) is 0. The van der Waals surface area contributed by atoms with E-state index in [-0.39, 0.29) is 10.5 Å². The van der Waals surface area contributed by atoms with Gasteiger partial charge in [-0.25, -0.2) is 13.1 Å². The highest BCUT2D eigenvalue weighted by Crippen LogP contribution is 2.08. The number of hydrogen-bond donors (Lipinski definition) is 1. The Balaban J connectivity index is 2.23. The van der Waals surface area contributed by atoms with Crippen molar-refractivity contribution >= 4 is 15.9 Å². The fraction of sp³-hybridized carbons (Fsp3) is 0. The van der Waals surface area contributed by atoms with Gasteiger partial charge in [0, 0.05) is 5.56 Å². The van der Waals surface area contributed by atoms with Gasteiger partial charge >= 0.3 is 0 Å². The first kappa shape index (κ1) is 12.3. The lowest BCUT2D eigenvalue weighted by Gasteiger charge is -2.06. The van der Waals surface area contributed by atoms with Crippen LogP contribution in [0.1, 0.15) is 10.4 Å². The minimum Gasteiger partial charge on any atom is -0.268 e. The minimum atomic E-state index is -3.83. The predicted molar refractivity (Wildman–Crippen MR) is 66.4 cm³/mol. The standard InChI is InChI=1S/C13H10NO3S/c15-13(11-7-3-1-4-8-11)14-18(16,17)12-9-5-2-6-10-12/h1-7,9-10H,(H,14,15). The lowest BCUT2D eigenvalue weighted by Crippen LogP contribution is -2.30. The number of nitrogens with one attached hydrogen (secondary N) is 1. The molecule has 0 spiro atoms. The number of sulfonamides is 1. The second kappa shape index (κ2) is 5.01. The highest BCUT2D eigenvalue weighted by Gasteiger charge is 2.17. The summed E-state index contributed by atoms with van der Waals surface area (Å²) in [5.41, 5.74) is 0.178. The van der Waals surface area contributed by atoms with Gasteiger partial charge in [0.25, 0.3) is 15.9 Å². The van der Waals surface area contributed by atoms with Crippen LogP contribution in [0.5, 0.6) is 0 Å². The molecule has 0 unspecified atom stereocenters. The highest BCUT2D eigenvalue weighted by atomic mass is 32.2. The molecule has 2 rings (SSSR count). The average molecular weight is 260 g/mol. The molecular weight excluding hydrogens is 250 g/mol. The summed E-state index contributed by atoms with van der Waals surface area (Å²) >= 11 is 0.